The van der Waals surface area contributed by atoms with Crippen LogP contribution < -0.4 is 0 Å². The highest BCUT2D eigenvalue weighted by Crippen LogP contribution is 2.13. The molecule has 0 fully saturated rings. The summed E-state index contributed by atoms with van der Waals surface area (Å²) in [4.78, 5) is 4.36. The zero-order valence-electron chi connectivity index (χ0n) is 8.30. The van der Waals surface area contributed by atoms with Crippen molar-refractivity contribution < 1.29 is 0 Å². The molecular weight excluding hydrogens is 184 g/mol. The molecule has 0 atom stereocenters. The Hall–Kier alpha value is -1.96. The van der Waals surface area contributed by atoms with Crippen molar-refractivity contribution in [2.45, 2.75) is 6.54 Å². The molecule has 0 saturated carbocycles. The van der Waals surface area contributed by atoms with E-state index in [1.54, 1.807) is 0 Å². The maximum atomic E-state index is 4.36. The molecule has 0 N–H and O–H groups in total. The fourth-order valence-corrected chi connectivity index (χ4v) is 1.85. The fraction of sp³-hybridized carbons (Fsp3) is 0.0769. The zero-order chi connectivity index (χ0) is 10.1. The smallest absolute Gasteiger partial charge is 0.0951 e. The lowest BCUT2D eigenvalue weighted by Gasteiger charge is -2.05. The van der Waals surface area contributed by atoms with Crippen molar-refractivity contribution in [2.75, 3.05) is 0 Å². The summed E-state index contributed by atoms with van der Waals surface area (Å²) in [5, 5.41) is 0. The Morgan fingerprint density at radius 3 is 2.73 bits per heavy atom. The van der Waals surface area contributed by atoms with Gasteiger partial charge in [-0.2, -0.15) is 12.1 Å². The number of aromatic nitrogens is 2. The van der Waals surface area contributed by atoms with E-state index in [1.807, 2.05) is 24.5 Å². The average molecular weight is 195 g/mol. The molecule has 74 valence electrons. The number of rotatable bonds is 2. The SMILES string of the molecule is c1ccc2c(c1)ncn2C[c-]1cccc1. The number of fused-ring (bicyclic) bond motifs is 1. The van der Waals surface area contributed by atoms with Gasteiger partial charge >= 0.3 is 0 Å². The first-order valence-corrected chi connectivity index (χ1v) is 5.04. The predicted octanol–water partition coefficient (Wildman–Crippen LogP) is 2.80. The number of benzene rings is 1. The number of hydrogen-bond acceptors (Lipinski definition) is 1. The average Bonchev–Trinajstić information content (AvgIpc) is 2.89. The number of imidazole rings is 1. The Kier molecular flexibility index (Phi) is 1.85. The second kappa shape index (κ2) is 3.31. The fourth-order valence-electron chi connectivity index (χ4n) is 1.85. The molecule has 3 rings (SSSR count). The third-order valence-corrected chi connectivity index (χ3v) is 2.61. The highest BCUT2D eigenvalue weighted by molar-refractivity contribution is 5.75. The Morgan fingerprint density at radius 2 is 1.87 bits per heavy atom. The third kappa shape index (κ3) is 1.44. The van der Waals surface area contributed by atoms with E-state index in [0.717, 1.165) is 12.1 Å². The summed E-state index contributed by atoms with van der Waals surface area (Å²) in [6, 6.07) is 16.6. The molecule has 0 aliphatic heterocycles. The number of nitrogens with zero attached hydrogens (tertiary/aromatic N) is 2. The van der Waals surface area contributed by atoms with Crippen LogP contribution in [-0.4, -0.2) is 9.55 Å². The van der Waals surface area contributed by atoms with Gasteiger partial charge in [-0.25, -0.2) is 17.1 Å². The van der Waals surface area contributed by atoms with Crippen molar-refractivity contribution in [3.8, 4) is 0 Å². The molecule has 0 unspecified atom stereocenters. The monoisotopic (exact) mass is 195 g/mol. The zero-order valence-corrected chi connectivity index (χ0v) is 8.30. The van der Waals surface area contributed by atoms with Crippen molar-refractivity contribution in [1.82, 2.24) is 9.55 Å². The van der Waals surface area contributed by atoms with E-state index in [2.05, 4.69) is 39.9 Å². The summed E-state index contributed by atoms with van der Waals surface area (Å²) in [7, 11) is 0. The molecule has 0 amide bonds. The van der Waals surface area contributed by atoms with E-state index in [0.29, 0.717) is 0 Å². The van der Waals surface area contributed by atoms with Gasteiger partial charge in [-0.05, 0) is 12.1 Å². The second-order valence-corrected chi connectivity index (χ2v) is 3.65. The lowest BCUT2D eigenvalue weighted by atomic mass is 10.3. The molecule has 2 aromatic carbocycles. The molecular formula is C13H11N2-. The molecule has 0 aliphatic rings. The van der Waals surface area contributed by atoms with Gasteiger partial charge in [-0.1, -0.05) is 12.1 Å². The van der Waals surface area contributed by atoms with Gasteiger partial charge in [0.15, 0.2) is 0 Å². The topological polar surface area (TPSA) is 17.8 Å². The first kappa shape index (κ1) is 8.36. The highest BCUT2D eigenvalue weighted by Gasteiger charge is 1.99. The molecule has 0 saturated heterocycles. The summed E-state index contributed by atoms with van der Waals surface area (Å²) >= 11 is 0. The molecule has 3 aromatic rings. The van der Waals surface area contributed by atoms with E-state index in [9.17, 15) is 0 Å². The van der Waals surface area contributed by atoms with Crippen molar-refractivity contribution >= 4 is 11.0 Å². The third-order valence-electron chi connectivity index (χ3n) is 2.61. The predicted molar refractivity (Wildman–Crippen MR) is 60.9 cm³/mol. The van der Waals surface area contributed by atoms with Gasteiger partial charge < -0.3 is 4.57 Å². The van der Waals surface area contributed by atoms with E-state index < -0.39 is 0 Å². The highest BCUT2D eigenvalue weighted by atomic mass is 15.0. The van der Waals surface area contributed by atoms with Crippen LogP contribution in [0.4, 0.5) is 0 Å². The van der Waals surface area contributed by atoms with Crippen LogP contribution in [0.1, 0.15) is 5.56 Å². The molecule has 2 nitrogen and oxygen atoms in total. The van der Waals surface area contributed by atoms with E-state index >= 15 is 0 Å². The van der Waals surface area contributed by atoms with Gasteiger partial charge in [-0.3, -0.25) is 0 Å². The van der Waals surface area contributed by atoms with Crippen LogP contribution in [-0.2, 0) is 6.54 Å². The standard InChI is InChI=1S/C13H11N2/c1-2-6-11(5-1)9-15-10-14-12-7-3-4-8-13(12)15/h1-8,10H,9H2/q-1. The minimum Gasteiger partial charge on any atom is -0.338 e. The largest absolute Gasteiger partial charge is 0.338 e. The lowest BCUT2D eigenvalue weighted by molar-refractivity contribution is 0.827. The van der Waals surface area contributed by atoms with Gasteiger partial charge in [0.05, 0.1) is 17.4 Å². The van der Waals surface area contributed by atoms with Crippen LogP contribution >= 0.6 is 0 Å². The van der Waals surface area contributed by atoms with Gasteiger partial charge in [0.1, 0.15) is 0 Å². The Balaban J connectivity index is 2.05. The lowest BCUT2D eigenvalue weighted by Crippen LogP contribution is -1.95. The summed E-state index contributed by atoms with van der Waals surface area (Å²) in [5.41, 5.74) is 3.57. The summed E-state index contributed by atoms with van der Waals surface area (Å²) in [6.45, 7) is 0.896. The van der Waals surface area contributed by atoms with Gasteiger partial charge in [0.25, 0.3) is 0 Å². The van der Waals surface area contributed by atoms with Crippen molar-refractivity contribution in [1.29, 1.82) is 0 Å². The van der Waals surface area contributed by atoms with Crippen LogP contribution in [0.2, 0.25) is 0 Å². The van der Waals surface area contributed by atoms with Crippen LogP contribution in [0, 0.1) is 0 Å². The van der Waals surface area contributed by atoms with Crippen LogP contribution in [0.3, 0.4) is 0 Å². The van der Waals surface area contributed by atoms with Crippen molar-refractivity contribution in [3.63, 3.8) is 0 Å². The first-order valence-electron chi connectivity index (χ1n) is 5.04. The molecule has 15 heavy (non-hydrogen) atoms. The molecule has 1 heterocycles. The maximum absolute atomic E-state index is 4.36. The van der Waals surface area contributed by atoms with Crippen molar-refractivity contribution in [2.24, 2.45) is 0 Å². The quantitative estimate of drug-likeness (QED) is 0.575. The molecule has 1 aromatic heterocycles. The first-order chi connectivity index (χ1) is 7.43. The molecule has 2 heteroatoms. The Bertz CT molecular complexity index is 561. The van der Waals surface area contributed by atoms with E-state index in [1.165, 1.54) is 11.1 Å². The summed E-state index contributed by atoms with van der Waals surface area (Å²) in [5.74, 6) is 0. The molecule has 0 aliphatic carbocycles. The summed E-state index contributed by atoms with van der Waals surface area (Å²) < 4.78 is 2.17. The Morgan fingerprint density at radius 1 is 1.07 bits per heavy atom. The van der Waals surface area contributed by atoms with Crippen LogP contribution in [0.25, 0.3) is 11.0 Å². The van der Waals surface area contributed by atoms with Crippen LogP contribution in [0.15, 0.2) is 54.9 Å². The van der Waals surface area contributed by atoms with E-state index in [4.69, 9.17) is 0 Å². The maximum Gasteiger partial charge on any atom is 0.0951 e. The number of para-hydroxylation sites is 2. The molecule has 0 radical (unpaired) electrons. The Labute approximate surface area is 88.2 Å². The second-order valence-electron chi connectivity index (χ2n) is 3.65. The number of hydrogen-bond donors (Lipinski definition) is 0. The minimum atomic E-state index is 0.896. The summed E-state index contributed by atoms with van der Waals surface area (Å²) in [6.07, 6.45) is 1.90. The van der Waals surface area contributed by atoms with Gasteiger partial charge in [0.2, 0.25) is 0 Å². The molecule has 0 spiro atoms. The van der Waals surface area contributed by atoms with Crippen LogP contribution in [0.5, 0.6) is 0 Å². The van der Waals surface area contributed by atoms with Gasteiger partial charge in [-0.15, -0.1) is 5.56 Å². The molecule has 0 bridgehead atoms. The minimum absolute atomic E-state index is 0.896. The van der Waals surface area contributed by atoms with Gasteiger partial charge in [0, 0.05) is 6.54 Å². The van der Waals surface area contributed by atoms with Crippen molar-refractivity contribution in [3.05, 3.63) is 60.4 Å². The van der Waals surface area contributed by atoms with E-state index in [-0.39, 0.29) is 0 Å². The normalized spacial score (nSPS) is 10.9.